The lowest BCUT2D eigenvalue weighted by Gasteiger charge is -2.17. The van der Waals surface area contributed by atoms with Crippen molar-refractivity contribution in [3.63, 3.8) is 0 Å². The quantitative estimate of drug-likeness (QED) is 0.850. The molecular formula is C13H22N4. The molecule has 4 nitrogen and oxygen atoms in total. The summed E-state index contributed by atoms with van der Waals surface area (Å²) in [6, 6.07) is 2.01. The van der Waals surface area contributed by atoms with E-state index in [1.54, 1.807) is 0 Å². The molecule has 1 fully saturated rings. The molecule has 94 valence electrons. The number of anilines is 2. The van der Waals surface area contributed by atoms with Gasteiger partial charge in [-0.2, -0.15) is 4.98 Å². The molecule has 1 N–H and O–H groups in total. The predicted molar refractivity (Wildman–Crippen MR) is 71.4 cm³/mol. The van der Waals surface area contributed by atoms with Gasteiger partial charge in [-0.15, -0.1) is 0 Å². The van der Waals surface area contributed by atoms with Gasteiger partial charge in [-0.1, -0.05) is 13.3 Å². The standard InChI is InChI=1S/C13H22N4/c1-3-5-11-7-9-17(10-11)12-6-8-15-13(16-12)14-4-2/h6,8,11H,3-5,7,9-10H2,1-2H3,(H,14,15,16). The van der Waals surface area contributed by atoms with E-state index in [4.69, 9.17) is 0 Å². The third-order valence-electron chi connectivity index (χ3n) is 3.28. The zero-order valence-electron chi connectivity index (χ0n) is 10.8. The molecule has 0 amide bonds. The Morgan fingerprint density at radius 3 is 3.12 bits per heavy atom. The van der Waals surface area contributed by atoms with E-state index in [0.29, 0.717) is 0 Å². The van der Waals surface area contributed by atoms with E-state index >= 15 is 0 Å². The summed E-state index contributed by atoms with van der Waals surface area (Å²) in [6.45, 7) is 7.46. The molecule has 1 aromatic rings. The highest BCUT2D eigenvalue weighted by Crippen LogP contribution is 2.25. The molecule has 0 saturated carbocycles. The Labute approximate surface area is 103 Å². The van der Waals surface area contributed by atoms with Crippen LogP contribution in [0.4, 0.5) is 11.8 Å². The maximum absolute atomic E-state index is 4.54. The molecule has 1 atom stereocenters. The molecule has 0 aliphatic carbocycles. The molecule has 17 heavy (non-hydrogen) atoms. The zero-order valence-corrected chi connectivity index (χ0v) is 10.8. The first-order valence-corrected chi connectivity index (χ1v) is 6.65. The topological polar surface area (TPSA) is 41.1 Å². The maximum Gasteiger partial charge on any atom is 0.224 e. The van der Waals surface area contributed by atoms with Crippen molar-refractivity contribution in [3.05, 3.63) is 12.3 Å². The second-order valence-corrected chi connectivity index (χ2v) is 4.66. The Balaban J connectivity index is 2.00. The molecule has 1 aromatic heterocycles. The van der Waals surface area contributed by atoms with E-state index in [-0.39, 0.29) is 0 Å². The van der Waals surface area contributed by atoms with Crippen LogP contribution in [0.15, 0.2) is 12.3 Å². The minimum absolute atomic E-state index is 0.740. The molecule has 0 radical (unpaired) electrons. The lowest BCUT2D eigenvalue weighted by Crippen LogP contribution is -2.21. The summed E-state index contributed by atoms with van der Waals surface area (Å²) in [5.41, 5.74) is 0. The highest BCUT2D eigenvalue weighted by molar-refractivity contribution is 5.43. The summed E-state index contributed by atoms with van der Waals surface area (Å²) < 4.78 is 0. The van der Waals surface area contributed by atoms with Crippen molar-refractivity contribution in [2.24, 2.45) is 5.92 Å². The number of nitrogens with one attached hydrogen (secondary N) is 1. The molecule has 1 aliphatic rings. The summed E-state index contributed by atoms with van der Waals surface area (Å²) in [7, 11) is 0. The number of nitrogens with zero attached hydrogens (tertiary/aromatic N) is 3. The van der Waals surface area contributed by atoms with Crippen molar-refractivity contribution in [2.75, 3.05) is 29.9 Å². The van der Waals surface area contributed by atoms with Gasteiger partial charge in [0, 0.05) is 25.8 Å². The predicted octanol–water partition coefficient (Wildman–Crippen LogP) is 2.53. The van der Waals surface area contributed by atoms with E-state index in [2.05, 4.69) is 34.0 Å². The van der Waals surface area contributed by atoms with Gasteiger partial charge < -0.3 is 10.2 Å². The molecule has 0 spiro atoms. The zero-order chi connectivity index (χ0) is 12.1. The summed E-state index contributed by atoms with van der Waals surface area (Å²) in [4.78, 5) is 11.1. The number of aromatic nitrogens is 2. The average molecular weight is 234 g/mol. The molecule has 1 aliphatic heterocycles. The van der Waals surface area contributed by atoms with Crippen molar-refractivity contribution in [1.29, 1.82) is 0 Å². The smallest absolute Gasteiger partial charge is 0.224 e. The van der Waals surface area contributed by atoms with Crippen LogP contribution in [0.2, 0.25) is 0 Å². The minimum atomic E-state index is 0.740. The van der Waals surface area contributed by atoms with Gasteiger partial charge in [-0.3, -0.25) is 0 Å². The fourth-order valence-electron chi connectivity index (χ4n) is 2.45. The number of rotatable bonds is 5. The third kappa shape index (κ3) is 3.08. The van der Waals surface area contributed by atoms with E-state index in [1.165, 1.54) is 19.3 Å². The number of hydrogen-bond acceptors (Lipinski definition) is 4. The second kappa shape index (κ2) is 5.84. The Morgan fingerprint density at radius 1 is 1.47 bits per heavy atom. The van der Waals surface area contributed by atoms with Crippen molar-refractivity contribution >= 4 is 11.8 Å². The molecule has 1 saturated heterocycles. The van der Waals surface area contributed by atoms with Gasteiger partial charge in [0.15, 0.2) is 0 Å². The van der Waals surface area contributed by atoms with Crippen LogP contribution in [0.1, 0.15) is 33.1 Å². The SMILES string of the molecule is CCCC1CCN(c2ccnc(NCC)n2)C1. The van der Waals surface area contributed by atoms with Crippen molar-refractivity contribution in [2.45, 2.75) is 33.1 Å². The molecule has 4 heteroatoms. The lowest BCUT2D eigenvalue weighted by molar-refractivity contribution is 0.529. The average Bonchev–Trinajstić information content (AvgIpc) is 2.79. The fourth-order valence-corrected chi connectivity index (χ4v) is 2.45. The van der Waals surface area contributed by atoms with Crippen LogP contribution in [0.25, 0.3) is 0 Å². The molecule has 2 rings (SSSR count). The first-order chi connectivity index (χ1) is 8.33. The first kappa shape index (κ1) is 12.1. The van der Waals surface area contributed by atoms with Crippen molar-refractivity contribution < 1.29 is 0 Å². The largest absolute Gasteiger partial charge is 0.356 e. The van der Waals surface area contributed by atoms with Gasteiger partial charge in [0.1, 0.15) is 5.82 Å². The highest BCUT2D eigenvalue weighted by Gasteiger charge is 2.22. The summed E-state index contributed by atoms with van der Waals surface area (Å²) in [5, 5.41) is 3.16. The fraction of sp³-hybridized carbons (Fsp3) is 0.692. The van der Waals surface area contributed by atoms with Crippen LogP contribution in [0.5, 0.6) is 0 Å². The number of hydrogen-bond donors (Lipinski definition) is 1. The van der Waals surface area contributed by atoms with Crippen LogP contribution in [0, 0.1) is 5.92 Å². The maximum atomic E-state index is 4.54. The van der Waals surface area contributed by atoms with Crippen LogP contribution in [0.3, 0.4) is 0 Å². The van der Waals surface area contributed by atoms with Gasteiger partial charge in [0.2, 0.25) is 5.95 Å². The molecule has 0 bridgehead atoms. The van der Waals surface area contributed by atoms with Crippen LogP contribution in [-0.2, 0) is 0 Å². The van der Waals surface area contributed by atoms with Gasteiger partial charge >= 0.3 is 0 Å². The van der Waals surface area contributed by atoms with Gasteiger partial charge in [-0.25, -0.2) is 4.98 Å². The molecule has 1 unspecified atom stereocenters. The van der Waals surface area contributed by atoms with E-state index in [1.807, 2.05) is 12.3 Å². The molecular weight excluding hydrogens is 212 g/mol. The monoisotopic (exact) mass is 234 g/mol. The Hall–Kier alpha value is -1.32. The van der Waals surface area contributed by atoms with E-state index < -0.39 is 0 Å². The van der Waals surface area contributed by atoms with Gasteiger partial charge in [0.05, 0.1) is 0 Å². The third-order valence-corrected chi connectivity index (χ3v) is 3.28. The lowest BCUT2D eigenvalue weighted by atomic mass is 10.0. The van der Waals surface area contributed by atoms with Crippen LogP contribution < -0.4 is 10.2 Å². The van der Waals surface area contributed by atoms with Gasteiger partial charge in [-0.05, 0) is 31.7 Å². The minimum Gasteiger partial charge on any atom is -0.356 e. The highest BCUT2D eigenvalue weighted by atomic mass is 15.2. The summed E-state index contributed by atoms with van der Waals surface area (Å²) in [5.74, 6) is 2.65. The van der Waals surface area contributed by atoms with Crippen molar-refractivity contribution in [1.82, 2.24) is 9.97 Å². The van der Waals surface area contributed by atoms with Crippen molar-refractivity contribution in [3.8, 4) is 0 Å². The van der Waals surface area contributed by atoms with E-state index in [0.717, 1.165) is 37.3 Å². The Kier molecular flexibility index (Phi) is 4.18. The molecule has 2 heterocycles. The van der Waals surface area contributed by atoms with Gasteiger partial charge in [0.25, 0.3) is 0 Å². The van der Waals surface area contributed by atoms with E-state index in [9.17, 15) is 0 Å². The first-order valence-electron chi connectivity index (χ1n) is 6.65. The normalized spacial score (nSPS) is 19.6. The summed E-state index contributed by atoms with van der Waals surface area (Å²) in [6.07, 6.45) is 5.76. The van der Waals surface area contributed by atoms with Crippen LogP contribution in [-0.4, -0.2) is 29.6 Å². The molecule has 0 aromatic carbocycles. The van der Waals surface area contributed by atoms with Crippen LogP contribution >= 0.6 is 0 Å². The summed E-state index contributed by atoms with van der Waals surface area (Å²) >= 11 is 0. The Bertz CT molecular complexity index is 353. The second-order valence-electron chi connectivity index (χ2n) is 4.66. The Morgan fingerprint density at radius 2 is 2.35 bits per heavy atom.